The third kappa shape index (κ3) is 3.47. The summed E-state index contributed by atoms with van der Waals surface area (Å²) < 4.78 is 17.1. The van der Waals surface area contributed by atoms with Crippen molar-refractivity contribution >= 4 is 11.6 Å². The number of carbonyl (C=O) groups excluding carboxylic acids is 1. The van der Waals surface area contributed by atoms with Gasteiger partial charge in [0.25, 0.3) is 0 Å². The highest BCUT2D eigenvalue weighted by atomic mass is 16.6. The lowest BCUT2D eigenvalue weighted by molar-refractivity contribution is -0.120. The van der Waals surface area contributed by atoms with Gasteiger partial charge in [0.05, 0.1) is 25.3 Å². The van der Waals surface area contributed by atoms with Crippen LogP contribution in [-0.4, -0.2) is 44.9 Å². The Labute approximate surface area is 146 Å². The molecule has 0 spiro atoms. The fourth-order valence-corrected chi connectivity index (χ4v) is 3.01. The number of nitrogens with zero attached hydrogens (tertiary/aromatic N) is 1. The number of rotatable bonds is 4. The smallest absolute Gasteiger partial charge is 0.239 e. The molecule has 2 aliphatic heterocycles. The maximum Gasteiger partial charge on any atom is 0.239 e. The summed E-state index contributed by atoms with van der Waals surface area (Å²) in [7, 11) is 0. The maximum atomic E-state index is 12.3. The zero-order valence-electron chi connectivity index (χ0n) is 13.8. The zero-order valence-corrected chi connectivity index (χ0v) is 13.8. The van der Waals surface area contributed by atoms with E-state index < -0.39 is 0 Å². The van der Waals surface area contributed by atoms with Crippen molar-refractivity contribution in [2.75, 3.05) is 37.7 Å². The molecule has 0 fully saturated rings. The monoisotopic (exact) mass is 340 g/mol. The van der Waals surface area contributed by atoms with E-state index in [9.17, 15) is 4.79 Å². The number of hydrogen-bond donors (Lipinski definition) is 1. The van der Waals surface area contributed by atoms with Crippen molar-refractivity contribution in [3.8, 4) is 17.2 Å². The van der Waals surface area contributed by atoms with E-state index in [-0.39, 0.29) is 12.0 Å². The highest BCUT2D eigenvalue weighted by molar-refractivity contribution is 5.82. The fourth-order valence-electron chi connectivity index (χ4n) is 3.01. The van der Waals surface area contributed by atoms with Crippen molar-refractivity contribution in [3.05, 3.63) is 48.5 Å². The highest BCUT2D eigenvalue weighted by Gasteiger charge is 2.23. The molecular weight excluding hydrogens is 320 g/mol. The van der Waals surface area contributed by atoms with Crippen molar-refractivity contribution in [3.63, 3.8) is 0 Å². The van der Waals surface area contributed by atoms with E-state index in [4.69, 9.17) is 14.2 Å². The van der Waals surface area contributed by atoms with Crippen molar-refractivity contribution in [2.45, 2.75) is 6.10 Å². The number of para-hydroxylation sites is 4. The number of benzene rings is 2. The van der Waals surface area contributed by atoms with Crippen LogP contribution in [-0.2, 0) is 4.79 Å². The van der Waals surface area contributed by atoms with E-state index in [0.29, 0.717) is 32.8 Å². The minimum absolute atomic E-state index is 0.0424. The van der Waals surface area contributed by atoms with Crippen LogP contribution in [0.2, 0.25) is 0 Å². The third-order valence-electron chi connectivity index (χ3n) is 4.25. The summed E-state index contributed by atoms with van der Waals surface area (Å²) in [6.45, 7) is 2.42. The molecule has 0 radical (unpaired) electrons. The standard InChI is InChI=1S/C19H20N2O4/c22-19(12-21-9-10-23-16-6-2-1-5-15(16)21)20-11-14-13-24-17-7-3-4-8-18(17)25-14/h1-8,14H,9-13H2,(H,20,22)/t14-/m1/s1. The predicted octanol–water partition coefficient (Wildman–Crippen LogP) is 1.84. The molecule has 6 nitrogen and oxygen atoms in total. The van der Waals surface area contributed by atoms with E-state index in [2.05, 4.69) is 5.32 Å². The summed E-state index contributed by atoms with van der Waals surface area (Å²) >= 11 is 0. The van der Waals surface area contributed by atoms with Crippen molar-refractivity contribution < 1.29 is 19.0 Å². The molecule has 2 aliphatic rings. The van der Waals surface area contributed by atoms with Crippen LogP contribution >= 0.6 is 0 Å². The Morgan fingerprint density at radius 3 is 2.68 bits per heavy atom. The molecule has 0 aromatic heterocycles. The Hall–Kier alpha value is -2.89. The molecule has 0 aliphatic carbocycles. The van der Waals surface area contributed by atoms with Crippen LogP contribution in [0.3, 0.4) is 0 Å². The number of hydrogen-bond acceptors (Lipinski definition) is 5. The second kappa shape index (κ2) is 6.93. The maximum absolute atomic E-state index is 12.3. The van der Waals surface area contributed by atoms with Gasteiger partial charge in [-0.25, -0.2) is 0 Å². The van der Waals surface area contributed by atoms with Gasteiger partial charge in [-0.3, -0.25) is 4.79 Å². The first kappa shape index (κ1) is 15.6. The predicted molar refractivity (Wildman–Crippen MR) is 93.5 cm³/mol. The SMILES string of the molecule is O=C(CN1CCOc2ccccc21)NC[C@@H]1COc2ccccc2O1. The van der Waals surface area contributed by atoms with Crippen LogP contribution in [0, 0.1) is 0 Å². The lowest BCUT2D eigenvalue weighted by Gasteiger charge is -2.31. The Morgan fingerprint density at radius 2 is 1.80 bits per heavy atom. The van der Waals surface area contributed by atoms with Gasteiger partial charge in [-0.15, -0.1) is 0 Å². The van der Waals surface area contributed by atoms with Gasteiger partial charge in [-0.05, 0) is 24.3 Å². The molecule has 0 bridgehead atoms. The van der Waals surface area contributed by atoms with Crippen molar-refractivity contribution in [1.82, 2.24) is 5.32 Å². The molecule has 0 saturated heterocycles. The summed E-state index contributed by atoms with van der Waals surface area (Å²) in [6, 6.07) is 15.3. The minimum Gasteiger partial charge on any atom is -0.490 e. The Morgan fingerprint density at radius 1 is 1.04 bits per heavy atom. The van der Waals surface area contributed by atoms with Gasteiger partial charge in [0.1, 0.15) is 25.1 Å². The molecule has 2 aromatic rings. The first-order valence-electron chi connectivity index (χ1n) is 8.41. The average molecular weight is 340 g/mol. The molecule has 130 valence electrons. The summed E-state index contributed by atoms with van der Waals surface area (Å²) in [4.78, 5) is 14.3. The first-order chi connectivity index (χ1) is 12.3. The molecule has 1 atom stereocenters. The largest absolute Gasteiger partial charge is 0.490 e. The number of carbonyl (C=O) groups is 1. The average Bonchev–Trinajstić information content (AvgIpc) is 2.66. The molecule has 4 rings (SSSR count). The molecule has 0 unspecified atom stereocenters. The van der Waals surface area contributed by atoms with Gasteiger partial charge in [-0.2, -0.15) is 0 Å². The molecule has 25 heavy (non-hydrogen) atoms. The fraction of sp³-hybridized carbons (Fsp3) is 0.316. The van der Waals surface area contributed by atoms with Gasteiger partial charge >= 0.3 is 0 Å². The molecular formula is C19H20N2O4. The molecule has 2 aromatic carbocycles. The molecule has 2 heterocycles. The van der Waals surface area contributed by atoms with E-state index >= 15 is 0 Å². The van der Waals surface area contributed by atoms with Crippen LogP contribution < -0.4 is 24.4 Å². The van der Waals surface area contributed by atoms with Gasteiger partial charge < -0.3 is 24.4 Å². The summed E-state index contributed by atoms with van der Waals surface area (Å²) in [6.07, 6.45) is -0.184. The molecule has 1 N–H and O–H groups in total. The number of ether oxygens (including phenoxy) is 3. The van der Waals surface area contributed by atoms with E-state index in [1.807, 2.05) is 53.4 Å². The molecule has 1 amide bonds. The van der Waals surface area contributed by atoms with E-state index in [1.165, 1.54) is 0 Å². The number of nitrogens with one attached hydrogen (secondary N) is 1. The highest BCUT2D eigenvalue weighted by Crippen LogP contribution is 2.31. The van der Waals surface area contributed by atoms with Crippen molar-refractivity contribution in [2.24, 2.45) is 0 Å². The summed E-state index contributed by atoms with van der Waals surface area (Å²) in [5.41, 5.74) is 0.954. The quantitative estimate of drug-likeness (QED) is 0.920. The Bertz CT molecular complexity index is 765. The van der Waals surface area contributed by atoms with Crippen LogP contribution in [0.25, 0.3) is 0 Å². The normalized spacial score (nSPS) is 18.1. The lowest BCUT2D eigenvalue weighted by atomic mass is 10.2. The number of anilines is 1. The van der Waals surface area contributed by atoms with Crippen LogP contribution in [0.15, 0.2) is 48.5 Å². The van der Waals surface area contributed by atoms with Crippen LogP contribution in [0.4, 0.5) is 5.69 Å². The van der Waals surface area contributed by atoms with Gasteiger partial charge in [0.2, 0.25) is 5.91 Å². The topological polar surface area (TPSA) is 60.0 Å². The summed E-state index contributed by atoms with van der Waals surface area (Å²) in [5, 5.41) is 2.93. The number of amides is 1. The molecule has 0 saturated carbocycles. The van der Waals surface area contributed by atoms with Gasteiger partial charge in [-0.1, -0.05) is 24.3 Å². The second-order valence-electron chi connectivity index (χ2n) is 6.04. The summed E-state index contributed by atoms with van der Waals surface area (Å²) in [5.74, 6) is 2.24. The van der Waals surface area contributed by atoms with E-state index in [1.54, 1.807) is 0 Å². The molecule has 6 heteroatoms. The van der Waals surface area contributed by atoms with Crippen LogP contribution in [0.5, 0.6) is 17.2 Å². The second-order valence-corrected chi connectivity index (χ2v) is 6.04. The Balaban J connectivity index is 1.31. The van der Waals surface area contributed by atoms with Crippen LogP contribution in [0.1, 0.15) is 0 Å². The van der Waals surface area contributed by atoms with Gasteiger partial charge in [0, 0.05) is 0 Å². The van der Waals surface area contributed by atoms with Gasteiger partial charge in [0.15, 0.2) is 11.5 Å². The van der Waals surface area contributed by atoms with E-state index in [0.717, 1.165) is 22.9 Å². The Kier molecular flexibility index (Phi) is 4.33. The van der Waals surface area contributed by atoms with Crippen molar-refractivity contribution in [1.29, 1.82) is 0 Å². The third-order valence-corrected chi connectivity index (χ3v) is 4.25. The first-order valence-corrected chi connectivity index (χ1v) is 8.41. The lowest BCUT2D eigenvalue weighted by Crippen LogP contribution is -2.45. The minimum atomic E-state index is -0.184. The zero-order chi connectivity index (χ0) is 17.1. The number of fused-ring (bicyclic) bond motifs is 2.